The van der Waals surface area contributed by atoms with Crippen LogP contribution in [0.2, 0.25) is 0 Å². The second-order valence-corrected chi connectivity index (χ2v) is 5.81. The first kappa shape index (κ1) is 13.9. The number of ether oxygens (including phenoxy) is 2. The fourth-order valence-corrected chi connectivity index (χ4v) is 2.48. The summed E-state index contributed by atoms with van der Waals surface area (Å²) in [6, 6.07) is 8.69. The van der Waals surface area contributed by atoms with Crippen LogP contribution in [0.3, 0.4) is 0 Å². The van der Waals surface area contributed by atoms with E-state index in [1.165, 1.54) is 0 Å². The van der Waals surface area contributed by atoms with Gasteiger partial charge in [0.2, 0.25) is 5.79 Å². The number of benzene rings is 1. The van der Waals surface area contributed by atoms with Crippen LogP contribution in [-0.4, -0.2) is 16.7 Å². The van der Waals surface area contributed by atoms with Crippen molar-refractivity contribution in [2.75, 3.05) is 5.32 Å². The molecular formula is C15H13BrN2O3. The van der Waals surface area contributed by atoms with Crippen LogP contribution in [0.1, 0.15) is 24.2 Å². The molecular weight excluding hydrogens is 336 g/mol. The van der Waals surface area contributed by atoms with Crippen molar-refractivity contribution in [1.29, 1.82) is 0 Å². The molecule has 1 aliphatic rings. The monoisotopic (exact) mass is 348 g/mol. The number of nitrogens with zero attached hydrogens (tertiary/aromatic N) is 1. The van der Waals surface area contributed by atoms with Gasteiger partial charge in [0.1, 0.15) is 4.60 Å². The molecule has 0 radical (unpaired) electrons. The second-order valence-electron chi connectivity index (χ2n) is 5.06. The number of fused-ring (bicyclic) bond motifs is 1. The number of carbonyl (C=O) groups is 1. The van der Waals surface area contributed by atoms with E-state index >= 15 is 0 Å². The van der Waals surface area contributed by atoms with Crippen molar-refractivity contribution in [3.05, 3.63) is 46.7 Å². The minimum Gasteiger partial charge on any atom is -0.449 e. The minimum atomic E-state index is -0.683. The Morgan fingerprint density at radius 3 is 2.76 bits per heavy atom. The number of carbonyl (C=O) groups excluding carboxylic acids is 1. The third-order valence-corrected chi connectivity index (χ3v) is 3.55. The van der Waals surface area contributed by atoms with E-state index in [9.17, 15) is 4.79 Å². The van der Waals surface area contributed by atoms with Crippen LogP contribution >= 0.6 is 15.9 Å². The molecule has 0 fully saturated rings. The Morgan fingerprint density at radius 1 is 1.24 bits per heavy atom. The summed E-state index contributed by atoms with van der Waals surface area (Å²) in [7, 11) is 0. The Kier molecular flexibility index (Phi) is 3.33. The number of anilines is 1. The molecule has 1 aromatic carbocycles. The first-order valence-corrected chi connectivity index (χ1v) is 7.18. The van der Waals surface area contributed by atoms with Gasteiger partial charge in [-0.1, -0.05) is 0 Å². The van der Waals surface area contributed by atoms with Crippen molar-refractivity contribution in [3.63, 3.8) is 0 Å². The standard InChI is InChI=1S/C15H13BrN2O3/c1-15(2)20-11-6-5-9(8-12(11)21-15)18-14(19)10-4-3-7-17-13(10)16/h3-8H,1-2H3,(H,18,19). The summed E-state index contributed by atoms with van der Waals surface area (Å²) in [6.07, 6.45) is 1.61. The molecule has 0 saturated carbocycles. The van der Waals surface area contributed by atoms with Crippen molar-refractivity contribution in [3.8, 4) is 11.5 Å². The summed E-state index contributed by atoms with van der Waals surface area (Å²) in [6.45, 7) is 3.66. The van der Waals surface area contributed by atoms with Gasteiger partial charge in [0, 0.05) is 31.8 Å². The van der Waals surface area contributed by atoms with Crippen LogP contribution in [0.25, 0.3) is 0 Å². The summed E-state index contributed by atoms with van der Waals surface area (Å²) in [5.41, 5.74) is 1.10. The average Bonchev–Trinajstić information content (AvgIpc) is 2.72. The van der Waals surface area contributed by atoms with E-state index in [1.54, 1.807) is 36.5 Å². The van der Waals surface area contributed by atoms with E-state index in [0.29, 0.717) is 27.4 Å². The van der Waals surface area contributed by atoms with E-state index in [1.807, 2.05) is 13.8 Å². The van der Waals surface area contributed by atoms with Gasteiger partial charge in [0.05, 0.1) is 5.56 Å². The van der Waals surface area contributed by atoms with Gasteiger partial charge in [-0.3, -0.25) is 4.79 Å². The summed E-state index contributed by atoms with van der Waals surface area (Å²) in [5, 5.41) is 2.81. The third-order valence-electron chi connectivity index (χ3n) is 2.92. The third kappa shape index (κ3) is 2.85. The van der Waals surface area contributed by atoms with Crippen LogP contribution in [0.5, 0.6) is 11.5 Å². The van der Waals surface area contributed by atoms with Crippen molar-refractivity contribution >= 4 is 27.5 Å². The lowest BCUT2D eigenvalue weighted by Gasteiger charge is -2.16. The zero-order valence-electron chi connectivity index (χ0n) is 11.5. The predicted molar refractivity (Wildman–Crippen MR) is 81.7 cm³/mol. The Hall–Kier alpha value is -2.08. The van der Waals surface area contributed by atoms with Crippen LogP contribution in [0.15, 0.2) is 41.1 Å². The van der Waals surface area contributed by atoms with Crippen LogP contribution < -0.4 is 14.8 Å². The van der Waals surface area contributed by atoms with E-state index in [0.717, 1.165) is 0 Å². The molecule has 5 nitrogen and oxygen atoms in total. The van der Waals surface area contributed by atoms with Crippen LogP contribution in [0, 0.1) is 0 Å². The van der Waals surface area contributed by atoms with Crippen molar-refractivity contribution < 1.29 is 14.3 Å². The molecule has 108 valence electrons. The maximum atomic E-state index is 12.2. The summed E-state index contributed by atoms with van der Waals surface area (Å²) in [4.78, 5) is 16.2. The zero-order valence-corrected chi connectivity index (χ0v) is 13.1. The van der Waals surface area contributed by atoms with Gasteiger partial charge < -0.3 is 14.8 Å². The van der Waals surface area contributed by atoms with Gasteiger partial charge in [-0.15, -0.1) is 0 Å². The van der Waals surface area contributed by atoms with E-state index < -0.39 is 5.79 Å². The lowest BCUT2D eigenvalue weighted by atomic mass is 10.2. The van der Waals surface area contributed by atoms with Crippen molar-refractivity contribution in [1.82, 2.24) is 4.98 Å². The molecule has 3 rings (SSSR count). The highest BCUT2D eigenvalue weighted by Gasteiger charge is 2.31. The van der Waals surface area contributed by atoms with Gasteiger partial charge >= 0.3 is 0 Å². The number of aromatic nitrogens is 1. The van der Waals surface area contributed by atoms with E-state index in [2.05, 4.69) is 26.2 Å². The molecule has 1 aromatic heterocycles. The van der Waals surface area contributed by atoms with Crippen LogP contribution in [-0.2, 0) is 0 Å². The van der Waals surface area contributed by atoms with E-state index in [-0.39, 0.29) is 5.91 Å². The summed E-state index contributed by atoms with van der Waals surface area (Å²) < 4.78 is 11.8. The molecule has 0 aliphatic carbocycles. The van der Waals surface area contributed by atoms with Crippen molar-refractivity contribution in [2.45, 2.75) is 19.6 Å². The number of amides is 1. The summed E-state index contributed by atoms with van der Waals surface area (Å²) >= 11 is 3.26. The molecule has 1 aliphatic heterocycles. The van der Waals surface area contributed by atoms with E-state index in [4.69, 9.17) is 9.47 Å². The molecule has 21 heavy (non-hydrogen) atoms. The molecule has 1 N–H and O–H groups in total. The number of nitrogens with one attached hydrogen (secondary N) is 1. The Labute approximate surface area is 130 Å². The lowest BCUT2D eigenvalue weighted by Crippen LogP contribution is -2.29. The van der Waals surface area contributed by atoms with Crippen LogP contribution in [0.4, 0.5) is 5.69 Å². The molecule has 6 heteroatoms. The fraction of sp³-hybridized carbons (Fsp3) is 0.200. The molecule has 0 saturated heterocycles. The molecule has 0 spiro atoms. The summed E-state index contributed by atoms with van der Waals surface area (Å²) in [5.74, 6) is 0.355. The molecule has 0 unspecified atom stereocenters. The van der Waals surface area contributed by atoms with Gasteiger partial charge in [-0.05, 0) is 40.2 Å². The number of rotatable bonds is 2. The molecule has 0 atom stereocenters. The molecule has 1 amide bonds. The minimum absolute atomic E-state index is 0.242. The lowest BCUT2D eigenvalue weighted by molar-refractivity contribution is -0.0431. The number of hydrogen-bond acceptors (Lipinski definition) is 4. The first-order valence-electron chi connectivity index (χ1n) is 6.38. The number of halogens is 1. The average molecular weight is 349 g/mol. The van der Waals surface area contributed by atoms with Gasteiger partial charge in [0.15, 0.2) is 11.5 Å². The molecule has 2 aromatic rings. The second kappa shape index (κ2) is 5.04. The zero-order chi connectivity index (χ0) is 15.0. The predicted octanol–water partition coefficient (Wildman–Crippen LogP) is 3.60. The fourth-order valence-electron chi connectivity index (χ4n) is 2.05. The normalized spacial score (nSPS) is 14.8. The smallest absolute Gasteiger partial charge is 0.258 e. The Balaban J connectivity index is 1.81. The van der Waals surface area contributed by atoms with Gasteiger partial charge in [-0.2, -0.15) is 0 Å². The van der Waals surface area contributed by atoms with Gasteiger partial charge in [0.25, 0.3) is 5.91 Å². The molecule has 2 heterocycles. The number of pyridine rings is 1. The van der Waals surface area contributed by atoms with Gasteiger partial charge in [-0.25, -0.2) is 4.98 Å². The highest BCUT2D eigenvalue weighted by molar-refractivity contribution is 9.10. The first-order chi connectivity index (χ1) is 9.94. The SMILES string of the molecule is CC1(C)Oc2ccc(NC(=O)c3cccnc3Br)cc2O1. The maximum absolute atomic E-state index is 12.2. The highest BCUT2D eigenvalue weighted by atomic mass is 79.9. The Bertz CT molecular complexity index is 716. The quantitative estimate of drug-likeness (QED) is 0.842. The topological polar surface area (TPSA) is 60.5 Å². The molecule has 0 bridgehead atoms. The highest BCUT2D eigenvalue weighted by Crippen LogP contribution is 2.40. The largest absolute Gasteiger partial charge is 0.449 e. The maximum Gasteiger partial charge on any atom is 0.258 e. The van der Waals surface area contributed by atoms with Crippen molar-refractivity contribution in [2.24, 2.45) is 0 Å². The Morgan fingerprint density at radius 2 is 2.00 bits per heavy atom. The number of hydrogen-bond donors (Lipinski definition) is 1.